The van der Waals surface area contributed by atoms with Crippen LogP contribution in [0.4, 0.5) is 0 Å². The van der Waals surface area contributed by atoms with E-state index in [-0.39, 0.29) is 33.1 Å². The monoisotopic (exact) mass is 1580 g/mol. The van der Waals surface area contributed by atoms with Crippen LogP contribution in [0.25, 0.3) is 0 Å². The van der Waals surface area contributed by atoms with Crippen molar-refractivity contribution in [2.45, 2.75) is 177 Å². The van der Waals surface area contributed by atoms with Crippen LogP contribution in [0.15, 0.2) is 165 Å². The quantitative estimate of drug-likeness (QED) is 0.0558. The van der Waals surface area contributed by atoms with E-state index < -0.39 is 40.1 Å². The maximum atomic E-state index is 12.5. The van der Waals surface area contributed by atoms with Crippen molar-refractivity contribution in [3.8, 4) is 11.5 Å². The highest BCUT2D eigenvalue weighted by Crippen LogP contribution is 2.29. The number of nitrogens with one attached hydrogen (secondary N) is 1. The summed E-state index contributed by atoms with van der Waals surface area (Å²) in [6.45, 7) is 46.3. The average molecular weight is 1580 g/mol. The number of ether oxygens (including phenoxy) is 5. The van der Waals surface area contributed by atoms with Crippen molar-refractivity contribution in [1.82, 2.24) is 32.3 Å². The summed E-state index contributed by atoms with van der Waals surface area (Å²) in [4.78, 5) is 8.11. The van der Waals surface area contributed by atoms with Gasteiger partial charge >= 0.3 is 0 Å². The molecule has 0 unspecified atom stereocenters. The van der Waals surface area contributed by atoms with E-state index in [1.165, 1.54) is 52.8 Å². The molecule has 6 aromatic rings. The lowest BCUT2D eigenvalue weighted by atomic mass is 9.87. The molecule has 3 fully saturated rings. The van der Waals surface area contributed by atoms with Crippen LogP contribution in [0, 0.1) is 0 Å². The summed E-state index contributed by atoms with van der Waals surface area (Å²) in [5, 5.41) is 0. The standard InChI is InChI=1S/C16H25NO.C14H22N2O2S.C14H21NO3S.C14H23NO.2C13H21NO3S/c1-16(2,3)14-6-8-15(9-7-14)18-13-12-17-10-4-5-11-17;1-12(2)13-4-6-14(7-5-13)19(17,18)16-10-8-15(3)9-11-16;1-14(2,3)12-4-6-13(7-5-12)19(16,17)15-8-10-18-11-9-15;1-14(2,3)12-6-8-13(9-7-12)16-11-10-15(4)5;1-13(2,3)11-5-7-12(8-6-11)18(15,16)14-9-10-17-4;1-11(2)12-5-7-13(8-6-12)18(15,16)14(3)9-10-17-4/h6-9H,4-5,10-13H2,1-3H3;4-7,12H,8-11H2,1-3H3;4-7H,8-11H2,1-3H3;6-9H,10-11H2,1-5H3;5-8,14H,9-10H2,1-4H3;5-8,11H,9-10H2,1-4H3. The molecule has 24 heteroatoms. The summed E-state index contributed by atoms with van der Waals surface area (Å²) in [5.41, 5.74) is 7.71. The second-order valence-corrected chi connectivity index (χ2v) is 40.2. The molecular formula is C84H133N7O13S4. The molecule has 0 saturated carbocycles. The van der Waals surface area contributed by atoms with Gasteiger partial charge in [0.15, 0.2) is 0 Å². The summed E-state index contributed by atoms with van der Waals surface area (Å²) in [6, 6.07) is 45.4. The molecule has 0 aromatic heterocycles. The van der Waals surface area contributed by atoms with Gasteiger partial charge in [0.1, 0.15) is 24.7 Å². The second kappa shape index (κ2) is 43.9. The smallest absolute Gasteiger partial charge is 0.243 e. The minimum absolute atomic E-state index is 0.0196. The van der Waals surface area contributed by atoms with Crippen LogP contribution in [0.3, 0.4) is 0 Å². The molecule has 606 valence electrons. The molecule has 6 aromatic carbocycles. The minimum Gasteiger partial charge on any atom is -0.492 e. The lowest BCUT2D eigenvalue weighted by Gasteiger charge is -2.31. The highest BCUT2D eigenvalue weighted by molar-refractivity contribution is 7.90. The predicted octanol–water partition coefficient (Wildman–Crippen LogP) is 14.1. The first-order valence-corrected chi connectivity index (χ1v) is 43.6. The van der Waals surface area contributed by atoms with Crippen molar-refractivity contribution in [2.75, 3.05) is 161 Å². The van der Waals surface area contributed by atoms with Gasteiger partial charge in [0.05, 0.1) is 46.0 Å². The Labute approximate surface area is 653 Å². The van der Waals surface area contributed by atoms with Crippen molar-refractivity contribution >= 4 is 40.1 Å². The molecule has 20 nitrogen and oxygen atoms in total. The van der Waals surface area contributed by atoms with E-state index in [0.717, 1.165) is 73.1 Å². The Hall–Kier alpha value is -5.68. The third kappa shape index (κ3) is 32.2. The molecule has 0 aliphatic carbocycles. The summed E-state index contributed by atoms with van der Waals surface area (Å²) < 4.78 is 131. The van der Waals surface area contributed by atoms with Crippen LogP contribution in [-0.4, -0.2) is 222 Å². The fraction of sp³-hybridized carbons (Fsp3) is 0.571. The van der Waals surface area contributed by atoms with Gasteiger partial charge in [0.25, 0.3) is 0 Å². The Balaban J connectivity index is 0.000000274. The molecule has 1 N–H and O–H groups in total. The van der Waals surface area contributed by atoms with Crippen LogP contribution in [0.1, 0.15) is 169 Å². The topological polar surface area (TPSA) is 214 Å². The van der Waals surface area contributed by atoms with E-state index in [1.807, 2.05) is 69.7 Å². The molecule has 0 atom stereocenters. The van der Waals surface area contributed by atoms with Crippen LogP contribution in [-0.2, 0) is 76.0 Å². The van der Waals surface area contributed by atoms with Gasteiger partial charge in [-0.3, -0.25) is 4.90 Å². The van der Waals surface area contributed by atoms with E-state index >= 15 is 0 Å². The Morgan fingerprint density at radius 2 is 0.778 bits per heavy atom. The zero-order valence-electron chi connectivity index (χ0n) is 69.3. The van der Waals surface area contributed by atoms with Crippen molar-refractivity contribution in [3.05, 3.63) is 179 Å². The largest absolute Gasteiger partial charge is 0.492 e. The molecule has 3 aliphatic heterocycles. The van der Waals surface area contributed by atoms with E-state index in [4.69, 9.17) is 23.7 Å². The number of benzene rings is 6. The number of likely N-dealkylation sites (tertiary alicyclic amines) is 1. The summed E-state index contributed by atoms with van der Waals surface area (Å²) >= 11 is 0. The van der Waals surface area contributed by atoms with Crippen molar-refractivity contribution in [2.24, 2.45) is 0 Å². The number of hydrogen-bond acceptors (Lipinski definition) is 16. The molecule has 0 amide bonds. The van der Waals surface area contributed by atoms with Crippen molar-refractivity contribution < 1.29 is 57.4 Å². The third-order valence-corrected chi connectivity index (χ3v) is 25.8. The van der Waals surface area contributed by atoms with Gasteiger partial charge in [-0.2, -0.15) is 12.9 Å². The molecule has 108 heavy (non-hydrogen) atoms. The lowest BCUT2D eigenvalue weighted by Crippen LogP contribution is -2.46. The number of sulfonamides is 4. The fourth-order valence-electron chi connectivity index (χ4n) is 11.1. The first-order chi connectivity index (χ1) is 50.3. The fourth-order valence-corrected chi connectivity index (χ4v) is 16.1. The van der Waals surface area contributed by atoms with E-state index in [2.05, 4.69) is 179 Å². The Kier molecular flexibility index (Phi) is 38.5. The summed E-state index contributed by atoms with van der Waals surface area (Å²) in [6.07, 6.45) is 2.69. The summed E-state index contributed by atoms with van der Waals surface area (Å²) in [7, 11) is -2.76. The van der Waals surface area contributed by atoms with Gasteiger partial charge in [-0.15, -0.1) is 0 Å². The van der Waals surface area contributed by atoms with E-state index in [0.29, 0.717) is 85.7 Å². The zero-order chi connectivity index (χ0) is 80.9. The van der Waals surface area contributed by atoms with Crippen molar-refractivity contribution in [3.63, 3.8) is 0 Å². The Morgan fingerprint density at radius 1 is 0.426 bits per heavy atom. The molecule has 0 bridgehead atoms. The predicted molar refractivity (Wildman–Crippen MR) is 441 cm³/mol. The number of rotatable bonds is 24. The minimum atomic E-state index is -3.42. The normalized spacial score (nSPS) is 15.4. The number of methoxy groups -OCH3 is 2. The number of morpholine rings is 1. The highest BCUT2D eigenvalue weighted by Gasteiger charge is 2.29. The number of likely N-dealkylation sites (N-methyl/N-ethyl adjacent to an activating group) is 3. The van der Waals surface area contributed by atoms with Crippen LogP contribution in [0.5, 0.6) is 11.5 Å². The van der Waals surface area contributed by atoms with Gasteiger partial charge in [-0.25, -0.2) is 38.4 Å². The number of piperazine rings is 1. The first kappa shape index (κ1) is 94.7. The molecule has 3 saturated heterocycles. The molecule has 3 aliphatic rings. The maximum absolute atomic E-state index is 12.5. The van der Waals surface area contributed by atoms with E-state index in [1.54, 1.807) is 67.0 Å². The van der Waals surface area contributed by atoms with Gasteiger partial charge < -0.3 is 33.5 Å². The molecule has 9 rings (SSSR count). The summed E-state index contributed by atoms with van der Waals surface area (Å²) in [5.74, 6) is 2.76. The van der Waals surface area contributed by atoms with Crippen molar-refractivity contribution in [1.29, 1.82) is 0 Å². The van der Waals surface area contributed by atoms with Gasteiger partial charge in [-0.05, 0) is 187 Å². The van der Waals surface area contributed by atoms with Crippen LogP contribution < -0.4 is 14.2 Å². The number of nitrogens with zero attached hydrogens (tertiary/aromatic N) is 6. The molecule has 0 radical (unpaired) electrons. The highest BCUT2D eigenvalue weighted by atomic mass is 32.2. The zero-order valence-corrected chi connectivity index (χ0v) is 72.5. The number of hydrogen-bond donors (Lipinski definition) is 1. The van der Waals surface area contributed by atoms with Gasteiger partial charge in [0, 0.05) is 86.7 Å². The first-order valence-electron chi connectivity index (χ1n) is 37.8. The van der Waals surface area contributed by atoms with Gasteiger partial charge in [0.2, 0.25) is 40.1 Å². The van der Waals surface area contributed by atoms with E-state index in [9.17, 15) is 33.7 Å². The molecular weight excluding hydrogens is 1440 g/mol. The third-order valence-electron chi connectivity index (χ3n) is 18.6. The van der Waals surface area contributed by atoms with Crippen LogP contribution in [0.2, 0.25) is 0 Å². The molecule has 3 heterocycles. The van der Waals surface area contributed by atoms with Gasteiger partial charge in [-0.1, -0.05) is 184 Å². The lowest BCUT2D eigenvalue weighted by molar-refractivity contribution is 0.0730. The average Bonchev–Trinajstić information content (AvgIpc) is 0.834. The molecule has 0 spiro atoms. The Morgan fingerprint density at radius 3 is 1.15 bits per heavy atom. The Bertz CT molecular complexity index is 3990. The maximum Gasteiger partial charge on any atom is 0.243 e. The SMILES string of the molecule is CC(C)(C)c1ccc(OCCN2CCCC2)cc1.CC(C)(C)c1ccc(S(=O)(=O)N2CCOCC2)cc1.CC(C)c1ccc(S(=O)(=O)N2CCN(C)CC2)cc1.CN(C)CCOc1ccc(C(C)(C)C)cc1.COCCN(C)S(=O)(=O)c1ccc(C(C)C)cc1.COCCNS(=O)(=O)c1ccc(C(C)(C)C)cc1. The second-order valence-electron chi connectivity index (χ2n) is 32.5. The van der Waals surface area contributed by atoms with Crippen LogP contribution >= 0.6 is 0 Å².